The van der Waals surface area contributed by atoms with Crippen LogP contribution in [0.2, 0.25) is 0 Å². The summed E-state index contributed by atoms with van der Waals surface area (Å²) in [5.74, 6) is 0.500. The Morgan fingerprint density at radius 2 is 2.37 bits per heavy atom. The van der Waals surface area contributed by atoms with Crippen molar-refractivity contribution >= 4 is 11.6 Å². The van der Waals surface area contributed by atoms with Crippen LogP contribution in [0.1, 0.15) is 30.3 Å². The van der Waals surface area contributed by atoms with E-state index in [1.165, 1.54) is 12.8 Å². The number of carbonyl (C=O) groups excluding carboxylic acids is 1. The molecule has 0 bridgehead atoms. The second-order valence-corrected chi connectivity index (χ2v) is 5.18. The summed E-state index contributed by atoms with van der Waals surface area (Å²) in [7, 11) is 3.40. The molecule has 106 valence electrons. The lowest BCUT2D eigenvalue weighted by Gasteiger charge is -2.28. The van der Waals surface area contributed by atoms with Gasteiger partial charge in [-0.1, -0.05) is 0 Å². The fourth-order valence-electron chi connectivity index (χ4n) is 2.32. The minimum atomic E-state index is -0.102. The third-order valence-electron chi connectivity index (χ3n) is 3.65. The zero-order valence-corrected chi connectivity index (χ0v) is 11.8. The molecule has 2 rings (SSSR count). The molecular weight excluding hydrogens is 244 g/mol. The maximum atomic E-state index is 12.6. The first-order valence-corrected chi connectivity index (χ1v) is 6.63. The first-order valence-electron chi connectivity index (χ1n) is 6.63. The summed E-state index contributed by atoms with van der Waals surface area (Å²) in [4.78, 5) is 14.4. The minimum Gasteiger partial charge on any atom is -0.396 e. The number of nitrogens with zero attached hydrogens (tertiary/aromatic N) is 3. The number of nitrogens with two attached hydrogens (primary N) is 1. The van der Waals surface area contributed by atoms with Gasteiger partial charge in [0.2, 0.25) is 0 Å². The van der Waals surface area contributed by atoms with Gasteiger partial charge in [0, 0.05) is 32.9 Å². The lowest BCUT2D eigenvalue weighted by atomic mass is 10.1. The summed E-state index contributed by atoms with van der Waals surface area (Å²) in [6.45, 7) is 3.18. The van der Waals surface area contributed by atoms with Crippen molar-refractivity contribution in [2.45, 2.75) is 25.8 Å². The van der Waals surface area contributed by atoms with Crippen molar-refractivity contribution in [3.63, 3.8) is 0 Å². The van der Waals surface area contributed by atoms with Crippen LogP contribution in [-0.4, -0.2) is 46.9 Å². The van der Waals surface area contributed by atoms with E-state index in [-0.39, 0.29) is 11.9 Å². The van der Waals surface area contributed by atoms with Crippen LogP contribution in [0.4, 0.5) is 5.69 Å². The van der Waals surface area contributed by atoms with Crippen molar-refractivity contribution in [1.82, 2.24) is 14.7 Å². The topological polar surface area (TPSA) is 73.4 Å². The van der Waals surface area contributed by atoms with Crippen molar-refractivity contribution in [2.24, 2.45) is 13.0 Å². The molecule has 1 fully saturated rings. The number of hydrogen-bond acceptors (Lipinski definition) is 4. The number of amides is 1. The van der Waals surface area contributed by atoms with E-state index in [9.17, 15) is 4.79 Å². The highest BCUT2D eigenvalue weighted by atomic mass is 16.5. The largest absolute Gasteiger partial charge is 0.396 e. The van der Waals surface area contributed by atoms with Gasteiger partial charge < -0.3 is 15.4 Å². The molecule has 6 heteroatoms. The second-order valence-electron chi connectivity index (χ2n) is 5.18. The number of ether oxygens (including phenoxy) is 1. The van der Waals surface area contributed by atoms with Gasteiger partial charge in [-0.15, -0.1) is 0 Å². The molecule has 1 unspecified atom stereocenters. The maximum Gasteiger partial charge on any atom is 0.276 e. The van der Waals surface area contributed by atoms with Crippen LogP contribution < -0.4 is 5.73 Å². The van der Waals surface area contributed by atoms with Crippen LogP contribution >= 0.6 is 0 Å². The molecule has 0 spiro atoms. The second kappa shape index (κ2) is 5.61. The van der Waals surface area contributed by atoms with Gasteiger partial charge in [-0.25, -0.2) is 0 Å². The summed E-state index contributed by atoms with van der Waals surface area (Å²) in [6.07, 6.45) is 4.04. The predicted octanol–water partition coefficient (Wildman–Crippen LogP) is 0.889. The zero-order chi connectivity index (χ0) is 14.0. The van der Waals surface area contributed by atoms with Crippen molar-refractivity contribution < 1.29 is 9.53 Å². The van der Waals surface area contributed by atoms with Crippen molar-refractivity contribution in [1.29, 1.82) is 0 Å². The molecule has 0 aliphatic heterocycles. The van der Waals surface area contributed by atoms with Crippen molar-refractivity contribution in [3.05, 3.63) is 11.9 Å². The molecule has 1 atom stereocenters. The number of rotatable bonds is 6. The van der Waals surface area contributed by atoms with E-state index in [0.717, 1.165) is 0 Å². The first kappa shape index (κ1) is 13.9. The lowest BCUT2D eigenvalue weighted by Crippen LogP contribution is -2.42. The third-order valence-corrected chi connectivity index (χ3v) is 3.65. The normalized spacial score (nSPS) is 16.4. The number of aromatic nitrogens is 2. The fourth-order valence-corrected chi connectivity index (χ4v) is 2.32. The summed E-state index contributed by atoms with van der Waals surface area (Å²) in [6, 6.07) is 0.212. The van der Waals surface area contributed by atoms with Crippen LogP contribution in [0.3, 0.4) is 0 Å². The van der Waals surface area contributed by atoms with Gasteiger partial charge in [0.15, 0.2) is 5.69 Å². The molecule has 1 heterocycles. The van der Waals surface area contributed by atoms with Crippen LogP contribution in [0.15, 0.2) is 6.20 Å². The molecule has 1 aliphatic carbocycles. The molecule has 19 heavy (non-hydrogen) atoms. The average Bonchev–Trinajstić information content (AvgIpc) is 3.15. The molecule has 0 radical (unpaired) electrons. The van der Waals surface area contributed by atoms with Crippen LogP contribution in [0.25, 0.3) is 0 Å². The summed E-state index contributed by atoms with van der Waals surface area (Å²) in [5.41, 5.74) is 6.61. The molecule has 2 N–H and O–H groups in total. The number of anilines is 1. The van der Waals surface area contributed by atoms with Gasteiger partial charge in [0.05, 0.1) is 12.3 Å². The highest BCUT2D eigenvalue weighted by Gasteiger charge is 2.35. The van der Waals surface area contributed by atoms with E-state index < -0.39 is 0 Å². The zero-order valence-electron chi connectivity index (χ0n) is 11.8. The molecule has 1 saturated carbocycles. The molecule has 1 amide bonds. The monoisotopic (exact) mass is 266 g/mol. The number of carbonyl (C=O) groups is 1. The van der Waals surface area contributed by atoms with Gasteiger partial charge in [0.1, 0.15) is 0 Å². The third kappa shape index (κ3) is 3.07. The van der Waals surface area contributed by atoms with Crippen molar-refractivity contribution in [2.75, 3.05) is 26.0 Å². The Morgan fingerprint density at radius 1 is 1.68 bits per heavy atom. The Labute approximate surface area is 113 Å². The lowest BCUT2D eigenvalue weighted by molar-refractivity contribution is 0.0589. The molecule has 0 saturated heterocycles. The SMILES string of the molecule is COCCN(C(=O)c1nn(C)cc1N)C(C)C1CC1. The van der Waals surface area contributed by atoms with E-state index >= 15 is 0 Å². The van der Waals surface area contributed by atoms with Crippen LogP contribution in [-0.2, 0) is 11.8 Å². The van der Waals surface area contributed by atoms with E-state index in [1.807, 2.05) is 4.90 Å². The molecule has 0 aromatic carbocycles. The Hall–Kier alpha value is -1.56. The number of hydrogen-bond donors (Lipinski definition) is 1. The quantitative estimate of drug-likeness (QED) is 0.830. The van der Waals surface area contributed by atoms with E-state index in [0.29, 0.717) is 30.5 Å². The first-order chi connectivity index (χ1) is 9.04. The van der Waals surface area contributed by atoms with E-state index in [4.69, 9.17) is 10.5 Å². The average molecular weight is 266 g/mol. The Bertz CT molecular complexity index is 453. The number of methoxy groups -OCH3 is 1. The number of aryl methyl sites for hydroxylation is 1. The fraction of sp³-hybridized carbons (Fsp3) is 0.692. The number of nitrogen functional groups attached to an aromatic ring is 1. The van der Waals surface area contributed by atoms with Crippen LogP contribution in [0.5, 0.6) is 0 Å². The summed E-state index contributed by atoms with van der Waals surface area (Å²) >= 11 is 0. The highest BCUT2D eigenvalue weighted by Crippen LogP contribution is 2.35. The molecule has 6 nitrogen and oxygen atoms in total. The summed E-state index contributed by atoms with van der Waals surface area (Å²) in [5, 5.41) is 4.16. The van der Waals surface area contributed by atoms with E-state index in [2.05, 4.69) is 12.0 Å². The molecular formula is C13H22N4O2. The Morgan fingerprint density at radius 3 is 2.84 bits per heavy atom. The molecule has 1 aromatic heterocycles. The molecule has 1 aliphatic rings. The highest BCUT2D eigenvalue weighted by molar-refractivity contribution is 5.97. The minimum absolute atomic E-state index is 0.102. The predicted molar refractivity (Wildman–Crippen MR) is 72.7 cm³/mol. The standard InChI is InChI=1S/C13H22N4O2/c1-9(10-4-5-10)17(6-7-19-3)13(18)12-11(14)8-16(2)15-12/h8-10H,4-7,14H2,1-3H3. The Balaban J connectivity index is 2.16. The van der Waals surface area contributed by atoms with Gasteiger partial charge in [-0.05, 0) is 25.7 Å². The molecule has 1 aromatic rings. The smallest absolute Gasteiger partial charge is 0.276 e. The van der Waals surface area contributed by atoms with Gasteiger partial charge in [-0.3, -0.25) is 9.48 Å². The van der Waals surface area contributed by atoms with Gasteiger partial charge in [-0.2, -0.15) is 5.10 Å². The van der Waals surface area contributed by atoms with Crippen molar-refractivity contribution in [3.8, 4) is 0 Å². The maximum absolute atomic E-state index is 12.6. The van der Waals surface area contributed by atoms with Crippen LogP contribution in [0, 0.1) is 5.92 Å². The Kier molecular flexibility index (Phi) is 4.09. The summed E-state index contributed by atoms with van der Waals surface area (Å²) < 4.78 is 6.66. The van der Waals surface area contributed by atoms with E-state index in [1.54, 1.807) is 25.0 Å². The van der Waals surface area contributed by atoms with Gasteiger partial charge in [0.25, 0.3) is 5.91 Å². The van der Waals surface area contributed by atoms with Gasteiger partial charge >= 0.3 is 0 Å².